The third-order valence-corrected chi connectivity index (χ3v) is 3.63. The molecule has 26 heavy (non-hydrogen) atoms. The summed E-state index contributed by atoms with van der Waals surface area (Å²) in [6.07, 6.45) is 7.99. The highest BCUT2D eigenvalue weighted by Gasteiger charge is 2.19. The van der Waals surface area contributed by atoms with Gasteiger partial charge in [-0.2, -0.15) is 9.67 Å². The number of rotatable bonds is 5. The molecule has 0 saturated heterocycles. The zero-order valence-corrected chi connectivity index (χ0v) is 13.6. The van der Waals surface area contributed by atoms with Gasteiger partial charge in [0, 0.05) is 30.4 Å². The molecule has 0 amide bonds. The van der Waals surface area contributed by atoms with Crippen LogP contribution in [-0.4, -0.2) is 30.6 Å². The van der Waals surface area contributed by atoms with Gasteiger partial charge in [0.1, 0.15) is 5.76 Å². The molecule has 0 aliphatic carbocycles. The van der Waals surface area contributed by atoms with Crippen molar-refractivity contribution in [2.45, 2.75) is 6.54 Å². The summed E-state index contributed by atoms with van der Waals surface area (Å²) in [7, 11) is 0. The third-order valence-electron chi connectivity index (χ3n) is 3.63. The molecule has 0 unspecified atom stereocenters. The van der Waals surface area contributed by atoms with Crippen LogP contribution in [0.5, 0.6) is 0 Å². The number of furan rings is 1. The first-order chi connectivity index (χ1) is 12.8. The third kappa shape index (κ3) is 3.20. The van der Waals surface area contributed by atoms with Gasteiger partial charge < -0.3 is 9.73 Å². The fourth-order valence-electron chi connectivity index (χ4n) is 2.38. The summed E-state index contributed by atoms with van der Waals surface area (Å²) in [4.78, 5) is 25.3. The Balaban J connectivity index is 1.70. The Morgan fingerprint density at radius 1 is 1.08 bits per heavy atom. The predicted octanol–water partition coefficient (Wildman–Crippen LogP) is 2.63. The van der Waals surface area contributed by atoms with Crippen molar-refractivity contribution in [2.75, 3.05) is 5.32 Å². The van der Waals surface area contributed by atoms with Crippen LogP contribution in [0.4, 0.5) is 5.95 Å². The quantitative estimate of drug-likeness (QED) is 0.593. The molecule has 4 aromatic heterocycles. The molecular weight excluding hydrogens is 332 g/mol. The molecule has 4 heterocycles. The molecule has 4 rings (SSSR count). The van der Waals surface area contributed by atoms with Gasteiger partial charge in [-0.3, -0.25) is 14.8 Å². The summed E-state index contributed by atoms with van der Waals surface area (Å²) in [6, 6.07) is 10.6. The van der Waals surface area contributed by atoms with Gasteiger partial charge in [-0.05, 0) is 36.4 Å². The van der Waals surface area contributed by atoms with Crippen LogP contribution in [0.25, 0.3) is 11.4 Å². The van der Waals surface area contributed by atoms with Gasteiger partial charge in [0.2, 0.25) is 5.95 Å². The van der Waals surface area contributed by atoms with Crippen molar-refractivity contribution in [2.24, 2.45) is 0 Å². The second kappa shape index (κ2) is 6.98. The lowest BCUT2D eigenvalue weighted by Crippen LogP contribution is -2.17. The first-order valence-electron chi connectivity index (χ1n) is 7.90. The predicted molar refractivity (Wildman–Crippen MR) is 93.3 cm³/mol. The van der Waals surface area contributed by atoms with Crippen molar-refractivity contribution in [1.82, 2.24) is 24.7 Å². The van der Waals surface area contributed by atoms with E-state index in [9.17, 15) is 4.79 Å². The molecule has 0 spiro atoms. The van der Waals surface area contributed by atoms with Crippen LogP contribution in [0.15, 0.2) is 71.9 Å². The number of nitrogens with zero attached hydrogens (tertiary/aromatic N) is 5. The molecule has 0 radical (unpaired) electrons. The van der Waals surface area contributed by atoms with Gasteiger partial charge in [0.25, 0.3) is 5.91 Å². The van der Waals surface area contributed by atoms with Crippen molar-refractivity contribution < 1.29 is 9.21 Å². The maximum Gasteiger partial charge on any atom is 0.282 e. The Morgan fingerprint density at radius 2 is 1.92 bits per heavy atom. The molecule has 0 bridgehead atoms. The summed E-state index contributed by atoms with van der Waals surface area (Å²) < 4.78 is 6.53. The van der Waals surface area contributed by atoms with E-state index in [1.165, 1.54) is 10.9 Å². The van der Waals surface area contributed by atoms with Gasteiger partial charge in [-0.25, -0.2) is 0 Å². The van der Waals surface area contributed by atoms with E-state index >= 15 is 0 Å². The Kier molecular flexibility index (Phi) is 4.21. The highest BCUT2D eigenvalue weighted by Crippen LogP contribution is 2.18. The van der Waals surface area contributed by atoms with E-state index in [4.69, 9.17) is 4.42 Å². The maximum atomic E-state index is 12.8. The van der Waals surface area contributed by atoms with E-state index in [0.717, 1.165) is 5.76 Å². The van der Waals surface area contributed by atoms with Crippen molar-refractivity contribution in [3.05, 3.63) is 78.8 Å². The van der Waals surface area contributed by atoms with Gasteiger partial charge in [0.15, 0.2) is 5.82 Å². The average Bonchev–Trinajstić information content (AvgIpc) is 3.37. The lowest BCUT2D eigenvalue weighted by molar-refractivity contribution is 0.0947. The second-order valence-corrected chi connectivity index (χ2v) is 5.39. The van der Waals surface area contributed by atoms with Crippen molar-refractivity contribution in [1.29, 1.82) is 0 Å². The van der Waals surface area contributed by atoms with Crippen molar-refractivity contribution >= 4 is 11.9 Å². The van der Waals surface area contributed by atoms with Crippen LogP contribution in [0.1, 0.15) is 16.1 Å². The van der Waals surface area contributed by atoms with Gasteiger partial charge in [-0.15, -0.1) is 5.10 Å². The number of hydrogen-bond donors (Lipinski definition) is 1. The monoisotopic (exact) mass is 346 g/mol. The molecule has 0 aliphatic rings. The summed E-state index contributed by atoms with van der Waals surface area (Å²) in [5.41, 5.74) is 1.13. The first-order valence-corrected chi connectivity index (χ1v) is 7.90. The Hall–Kier alpha value is -3.81. The van der Waals surface area contributed by atoms with Crippen LogP contribution >= 0.6 is 0 Å². The first kappa shape index (κ1) is 15.7. The van der Waals surface area contributed by atoms with Gasteiger partial charge in [0.05, 0.1) is 18.4 Å². The Morgan fingerprint density at radius 3 is 2.62 bits per heavy atom. The number of carbonyl (C=O) groups excluding carboxylic acids is 1. The van der Waals surface area contributed by atoms with Crippen molar-refractivity contribution in [3.63, 3.8) is 0 Å². The summed E-state index contributed by atoms with van der Waals surface area (Å²) in [5.74, 6) is 1.10. The highest BCUT2D eigenvalue weighted by molar-refractivity contribution is 5.96. The lowest BCUT2D eigenvalue weighted by Gasteiger charge is -2.05. The van der Waals surface area contributed by atoms with E-state index in [2.05, 4.69) is 25.4 Å². The zero-order valence-electron chi connectivity index (χ0n) is 13.6. The number of aromatic nitrogens is 5. The molecule has 0 saturated carbocycles. The van der Waals surface area contributed by atoms with Gasteiger partial charge >= 0.3 is 0 Å². The largest absolute Gasteiger partial charge is 0.467 e. The van der Waals surface area contributed by atoms with E-state index in [-0.39, 0.29) is 5.91 Å². The number of pyridine rings is 2. The topological polar surface area (TPSA) is 98.7 Å². The lowest BCUT2D eigenvalue weighted by atomic mass is 10.3. The van der Waals surface area contributed by atoms with E-state index in [0.29, 0.717) is 29.4 Å². The molecule has 8 heteroatoms. The molecular formula is C18H14N6O2. The highest BCUT2D eigenvalue weighted by atomic mass is 16.3. The minimum absolute atomic E-state index is 0.314. The fourth-order valence-corrected chi connectivity index (χ4v) is 2.38. The van der Waals surface area contributed by atoms with E-state index in [1.54, 1.807) is 49.1 Å². The molecule has 0 aromatic carbocycles. The minimum atomic E-state index is -0.331. The molecule has 128 valence electrons. The number of hydrogen-bond acceptors (Lipinski definition) is 7. The fraction of sp³-hybridized carbons (Fsp3) is 0.0556. The van der Waals surface area contributed by atoms with Crippen LogP contribution in [0, 0.1) is 0 Å². The SMILES string of the molecule is O=C(c1cccnc1)n1nc(-c2cccnc2)nc1NCc1ccco1. The number of carbonyl (C=O) groups is 1. The van der Waals surface area contributed by atoms with Gasteiger partial charge in [-0.1, -0.05) is 0 Å². The standard InChI is InChI=1S/C18H14N6O2/c25-17(14-5-2-8-20-11-14)24-18(21-12-15-6-3-9-26-15)22-16(23-24)13-4-1-7-19-10-13/h1-11H,12H2,(H,21,22,23). The molecule has 0 atom stereocenters. The normalized spacial score (nSPS) is 10.6. The summed E-state index contributed by atoms with van der Waals surface area (Å²) >= 11 is 0. The molecule has 8 nitrogen and oxygen atoms in total. The van der Waals surface area contributed by atoms with Crippen LogP contribution < -0.4 is 5.32 Å². The molecule has 0 fully saturated rings. The van der Waals surface area contributed by atoms with Crippen LogP contribution in [0.3, 0.4) is 0 Å². The maximum absolute atomic E-state index is 12.8. The Labute approximate surface area is 148 Å². The zero-order chi connectivity index (χ0) is 17.8. The molecule has 1 N–H and O–H groups in total. The number of nitrogens with one attached hydrogen (secondary N) is 1. The molecule has 0 aliphatic heterocycles. The smallest absolute Gasteiger partial charge is 0.282 e. The average molecular weight is 346 g/mol. The van der Waals surface area contributed by atoms with E-state index in [1.807, 2.05) is 12.1 Å². The van der Waals surface area contributed by atoms with E-state index < -0.39 is 0 Å². The minimum Gasteiger partial charge on any atom is -0.467 e. The number of anilines is 1. The summed E-state index contributed by atoms with van der Waals surface area (Å²) in [6.45, 7) is 0.374. The Bertz CT molecular complexity index is 997. The molecule has 4 aromatic rings. The second-order valence-electron chi connectivity index (χ2n) is 5.39. The van der Waals surface area contributed by atoms with Crippen molar-refractivity contribution in [3.8, 4) is 11.4 Å². The summed E-state index contributed by atoms with van der Waals surface area (Å²) in [5, 5.41) is 7.44. The van der Waals surface area contributed by atoms with Crippen LogP contribution in [-0.2, 0) is 6.54 Å². The van der Waals surface area contributed by atoms with Crippen LogP contribution in [0.2, 0.25) is 0 Å².